The molecular formula is C10H12F3NOS2. The van der Waals surface area contributed by atoms with E-state index in [0.717, 1.165) is 5.56 Å². The summed E-state index contributed by atoms with van der Waals surface area (Å²) in [4.78, 5) is 0.507. The summed E-state index contributed by atoms with van der Waals surface area (Å²) in [6.45, 7) is 1.75. The maximum atomic E-state index is 11.9. The van der Waals surface area contributed by atoms with Gasteiger partial charge in [0.25, 0.3) is 0 Å². The lowest BCUT2D eigenvalue weighted by Gasteiger charge is -2.08. The fraction of sp³-hybridized carbons (Fsp3) is 0.400. The summed E-state index contributed by atoms with van der Waals surface area (Å²) in [6, 6.07) is 4.92. The molecule has 17 heavy (non-hydrogen) atoms. The third-order valence-electron chi connectivity index (χ3n) is 1.99. The molecule has 0 aliphatic rings. The number of alkyl halides is 3. The quantitative estimate of drug-likeness (QED) is 0.864. The highest BCUT2D eigenvalue weighted by Crippen LogP contribution is 2.30. The number of hydrogen-bond acceptors (Lipinski definition) is 3. The summed E-state index contributed by atoms with van der Waals surface area (Å²) in [5.41, 5.74) is 2.51. The molecule has 0 saturated carbocycles. The van der Waals surface area contributed by atoms with E-state index in [4.69, 9.17) is 5.73 Å². The van der Waals surface area contributed by atoms with Crippen molar-refractivity contribution < 1.29 is 17.4 Å². The Kier molecular flexibility index (Phi) is 4.88. The standard InChI is InChI=1S/C10H12F3NOS2/c1-7-2-3-8(14)6-9(7)17(15)5-4-16-10(11,12)13/h2-3,6H,4-5,14H2,1H3. The molecule has 0 heterocycles. The van der Waals surface area contributed by atoms with E-state index < -0.39 is 16.3 Å². The zero-order chi connectivity index (χ0) is 13.1. The first kappa shape index (κ1) is 14.4. The zero-order valence-corrected chi connectivity index (χ0v) is 10.7. The summed E-state index contributed by atoms with van der Waals surface area (Å²) >= 11 is -0.158. The lowest BCUT2D eigenvalue weighted by atomic mass is 10.2. The number of hydrogen-bond donors (Lipinski definition) is 1. The number of benzene rings is 1. The molecule has 7 heteroatoms. The smallest absolute Gasteiger partial charge is 0.399 e. The fourth-order valence-electron chi connectivity index (χ4n) is 1.21. The first-order chi connectivity index (χ1) is 7.79. The van der Waals surface area contributed by atoms with Crippen LogP contribution in [0.5, 0.6) is 0 Å². The molecule has 2 nitrogen and oxygen atoms in total. The van der Waals surface area contributed by atoms with Gasteiger partial charge < -0.3 is 5.73 Å². The van der Waals surface area contributed by atoms with Crippen molar-refractivity contribution in [3.63, 3.8) is 0 Å². The number of aryl methyl sites for hydroxylation is 1. The Hall–Kier alpha value is -0.690. The molecule has 1 rings (SSSR count). The van der Waals surface area contributed by atoms with Crippen LogP contribution in [0.4, 0.5) is 18.9 Å². The Morgan fingerprint density at radius 3 is 2.65 bits per heavy atom. The highest BCUT2D eigenvalue weighted by atomic mass is 32.2. The van der Waals surface area contributed by atoms with Gasteiger partial charge in [-0.2, -0.15) is 13.2 Å². The first-order valence-corrected chi connectivity index (χ1v) is 7.05. The van der Waals surface area contributed by atoms with Crippen molar-refractivity contribution in [2.45, 2.75) is 17.3 Å². The van der Waals surface area contributed by atoms with Gasteiger partial charge in [-0.3, -0.25) is 4.21 Å². The summed E-state index contributed by atoms with van der Waals surface area (Å²) in [7, 11) is -1.44. The third kappa shape index (κ3) is 4.99. The molecule has 1 atom stereocenters. The van der Waals surface area contributed by atoms with Crippen LogP contribution in [0.25, 0.3) is 0 Å². The van der Waals surface area contributed by atoms with E-state index in [9.17, 15) is 17.4 Å². The van der Waals surface area contributed by atoms with Gasteiger partial charge in [0, 0.05) is 22.1 Å². The molecule has 1 aromatic carbocycles. The van der Waals surface area contributed by atoms with E-state index >= 15 is 0 Å². The van der Waals surface area contributed by atoms with Crippen molar-refractivity contribution in [3.8, 4) is 0 Å². The highest BCUT2D eigenvalue weighted by molar-refractivity contribution is 8.00. The molecule has 1 aromatic rings. The normalized spacial score (nSPS) is 13.6. The molecule has 0 bridgehead atoms. The molecule has 0 spiro atoms. The summed E-state index contributed by atoms with van der Waals surface area (Å²) in [6.07, 6.45) is 0. The van der Waals surface area contributed by atoms with Crippen molar-refractivity contribution >= 4 is 28.2 Å². The molecule has 0 saturated heterocycles. The van der Waals surface area contributed by atoms with E-state index in [1.807, 2.05) is 0 Å². The first-order valence-electron chi connectivity index (χ1n) is 4.75. The van der Waals surface area contributed by atoms with Gasteiger partial charge in [0.15, 0.2) is 0 Å². The van der Waals surface area contributed by atoms with Gasteiger partial charge in [-0.05, 0) is 24.6 Å². The topological polar surface area (TPSA) is 43.1 Å². The number of nitrogen functional groups attached to an aromatic ring is 1. The van der Waals surface area contributed by atoms with Crippen molar-refractivity contribution in [2.75, 3.05) is 17.2 Å². The van der Waals surface area contributed by atoms with E-state index in [2.05, 4.69) is 0 Å². The lowest BCUT2D eigenvalue weighted by molar-refractivity contribution is -0.0326. The van der Waals surface area contributed by atoms with E-state index in [-0.39, 0.29) is 23.3 Å². The summed E-state index contributed by atoms with van der Waals surface area (Å²) in [5, 5.41) is 0. The number of anilines is 1. The number of rotatable bonds is 4. The second-order valence-electron chi connectivity index (χ2n) is 3.37. The maximum Gasteiger partial charge on any atom is 0.441 e. The maximum absolute atomic E-state index is 11.9. The van der Waals surface area contributed by atoms with Gasteiger partial charge in [-0.1, -0.05) is 17.8 Å². The second-order valence-corrected chi connectivity index (χ2v) is 6.07. The Balaban J connectivity index is 2.61. The molecule has 2 N–H and O–H groups in total. The number of nitrogens with two attached hydrogens (primary N) is 1. The predicted molar refractivity (Wildman–Crippen MR) is 65.4 cm³/mol. The molecule has 0 amide bonds. The third-order valence-corrected chi connectivity index (χ3v) is 4.49. The van der Waals surface area contributed by atoms with Crippen LogP contribution in [-0.2, 0) is 10.8 Å². The van der Waals surface area contributed by atoms with Crippen molar-refractivity contribution in [2.24, 2.45) is 0 Å². The lowest BCUT2D eigenvalue weighted by Crippen LogP contribution is -2.08. The minimum atomic E-state index is -4.27. The van der Waals surface area contributed by atoms with Gasteiger partial charge in [-0.15, -0.1) is 0 Å². The minimum absolute atomic E-state index is 0.0333. The van der Waals surface area contributed by atoms with Gasteiger partial charge in [0.05, 0.1) is 10.8 Å². The SMILES string of the molecule is Cc1ccc(N)cc1S(=O)CCSC(F)(F)F. The monoisotopic (exact) mass is 283 g/mol. The van der Waals surface area contributed by atoms with Crippen molar-refractivity contribution in [3.05, 3.63) is 23.8 Å². The van der Waals surface area contributed by atoms with Gasteiger partial charge >= 0.3 is 5.51 Å². The molecule has 0 fully saturated rings. The zero-order valence-electron chi connectivity index (χ0n) is 9.08. The molecule has 96 valence electrons. The molecule has 0 aliphatic carbocycles. The predicted octanol–water partition coefficient (Wildman–Crippen LogP) is 2.94. The number of thioether (sulfide) groups is 1. The van der Waals surface area contributed by atoms with Crippen molar-refractivity contribution in [1.29, 1.82) is 0 Å². The Labute approximate surface area is 104 Å². The van der Waals surface area contributed by atoms with Crippen LogP contribution in [0.15, 0.2) is 23.1 Å². The van der Waals surface area contributed by atoms with Crippen LogP contribution in [0, 0.1) is 6.92 Å². The average Bonchev–Trinajstić information content (AvgIpc) is 2.19. The largest absolute Gasteiger partial charge is 0.441 e. The second kappa shape index (κ2) is 5.77. The Bertz CT molecular complexity index is 421. The highest BCUT2D eigenvalue weighted by Gasteiger charge is 2.27. The molecular weight excluding hydrogens is 271 g/mol. The van der Waals surface area contributed by atoms with Gasteiger partial charge in [0.1, 0.15) is 0 Å². The van der Waals surface area contributed by atoms with Gasteiger partial charge in [0.2, 0.25) is 0 Å². The summed E-state index contributed by atoms with van der Waals surface area (Å²) in [5.74, 6) is -0.251. The fourth-order valence-corrected chi connectivity index (χ4v) is 3.29. The summed E-state index contributed by atoms with van der Waals surface area (Å²) < 4.78 is 47.5. The number of halogens is 3. The minimum Gasteiger partial charge on any atom is -0.399 e. The Morgan fingerprint density at radius 2 is 2.06 bits per heavy atom. The van der Waals surface area contributed by atoms with Crippen LogP contribution in [0.3, 0.4) is 0 Å². The average molecular weight is 283 g/mol. The van der Waals surface area contributed by atoms with E-state index in [1.54, 1.807) is 25.1 Å². The van der Waals surface area contributed by atoms with Gasteiger partial charge in [-0.25, -0.2) is 0 Å². The van der Waals surface area contributed by atoms with E-state index in [1.165, 1.54) is 0 Å². The van der Waals surface area contributed by atoms with Crippen LogP contribution < -0.4 is 5.73 Å². The van der Waals surface area contributed by atoms with E-state index in [0.29, 0.717) is 10.6 Å². The van der Waals surface area contributed by atoms with Crippen LogP contribution in [0.2, 0.25) is 0 Å². The van der Waals surface area contributed by atoms with Crippen molar-refractivity contribution in [1.82, 2.24) is 0 Å². The molecule has 0 radical (unpaired) electrons. The van der Waals surface area contributed by atoms with Crippen LogP contribution in [-0.4, -0.2) is 21.2 Å². The van der Waals surface area contributed by atoms with Crippen LogP contribution >= 0.6 is 11.8 Å². The Morgan fingerprint density at radius 1 is 1.41 bits per heavy atom. The van der Waals surface area contributed by atoms with Crippen LogP contribution in [0.1, 0.15) is 5.56 Å². The molecule has 0 aromatic heterocycles. The molecule has 0 aliphatic heterocycles. The molecule has 1 unspecified atom stereocenters.